The molecule has 1 N–H and O–H groups in total. The van der Waals surface area contributed by atoms with Gasteiger partial charge in [0, 0.05) is 51.9 Å². The summed E-state index contributed by atoms with van der Waals surface area (Å²) in [5, 5.41) is 3.12. The lowest BCUT2D eigenvalue weighted by molar-refractivity contribution is -0.130. The molecule has 33 heavy (non-hydrogen) atoms. The number of piperazine rings is 1. The van der Waals surface area contributed by atoms with Crippen molar-refractivity contribution in [2.75, 3.05) is 46.0 Å². The Morgan fingerprint density at radius 2 is 1.73 bits per heavy atom. The number of benzene rings is 1. The second kappa shape index (κ2) is 10.4. The summed E-state index contributed by atoms with van der Waals surface area (Å²) in [5.74, 6) is 0.352. The van der Waals surface area contributed by atoms with Gasteiger partial charge in [-0.15, -0.1) is 0 Å². The highest BCUT2D eigenvalue weighted by Gasteiger charge is 2.39. The lowest BCUT2D eigenvalue weighted by atomic mass is 10.0. The van der Waals surface area contributed by atoms with E-state index in [0.29, 0.717) is 43.6 Å². The van der Waals surface area contributed by atoms with Crippen LogP contribution in [0.25, 0.3) is 0 Å². The first kappa shape index (κ1) is 22.6. The minimum absolute atomic E-state index is 0.0160. The summed E-state index contributed by atoms with van der Waals surface area (Å²) in [6.07, 6.45) is 5.90. The number of hydrogen-bond donors (Lipinski definition) is 1. The quantitative estimate of drug-likeness (QED) is 0.693. The van der Waals surface area contributed by atoms with E-state index in [0.717, 1.165) is 58.3 Å². The zero-order valence-corrected chi connectivity index (χ0v) is 19.2. The van der Waals surface area contributed by atoms with Crippen molar-refractivity contribution in [1.29, 1.82) is 0 Å². The predicted octanol–water partition coefficient (Wildman–Crippen LogP) is 1.83. The zero-order valence-electron chi connectivity index (χ0n) is 19.2. The van der Waals surface area contributed by atoms with Crippen LogP contribution in [0.5, 0.6) is 5.75 Å². The maximum Gasteiger partial charge on any atom is 0.258 e. The molecule has 2 bridgehead atoms. The number of ether oxygens (including phenoxy) is 3. The third-order valence-corrected chi connectivity index (χ3v) is 7.44. The molecule has 3 fully saturated rings. The lowest BCUT2D eigenvalue weighted by Crippen LogP contribution is -2.63. The van der Waals surface area contributed by atoms with Crippen molar-refractivity contribution in [3.63, 3.8) is 0 Å². The maximum atomic E-state index is 13.7. The van der Waals surface area contributed by atoms with Gasteiger partial charge in [-0.2, -0.15) is 0 Å². The van der Waals surface area contributed by atoms with E-state index in [9.17, 15) is 9.59 Å². The number of hydrogen-bond acceptors (Lipinski definition) is 6. The molecule has 0 saturated carbocycles. The predicted molar refractivity (Wildman–Crippen MR) is 122 cm³/mol. The highest BCUT2D eigenvalue weighted by Crippen LogP contribution is 2.27. The van der Waals surface area contributed by atoms with Crippen LogP contribution in [0.2, 0.25) is 0 Å². The van der Waals surface area contributed by atoms with Crippen LogP contribution in [-0.2, 0) is 14.3 Å². The van der Waals surface area contributed by atoms with Crippen molar-refractivity contribution in [2.45, 2.75) is 62.8 Å². The Balaban J connectivity index is 1.41. The standard InChI is InChI=1S/C25H35N3O5/c29-24-22-17-27(18-8-13-31-14-9-18)11-12-28(22)25(30)21-6-1-2-7-23(21)32-15-10-19-4-3-5-20(33-19)16-26-24/h1-2,6-7,18-20,22H,3-5,8-17H2,(H,26,29)/t19-,20-,22-/m0/s1. The van der Waals surface area contributed by atoms with Crippen LogP contribution < -0.4 is 10.1 Å². The van der Waals surface area contributed by atoms with E-state index in [1.807, 2.05) is 18.2 Å². The minimum Gasteiger partial charge on any atom is -0.493 e. The van der Waals surface area contributed by atoms with Gasteiger partial charge in [0.25, 0.3) is 5.91 Å². The summed E-state index contributed by atoms with van der Waals surface area (Å²) in [7, 11) is 0. The van der Waals surface area contributed by atoms with Gasteiger partial charge < -0.3 is 24.4 Å². The normalized spacial score (nSPS) is 30.4. The van der Waals surface area contributed by atoms with E-state index >= 15 is 0 Å². The van der Waals surface area contributed by atoms with Gasteiger partial charge in [-0.1, -0.05) is 12.1 Å². The van der Waals surface area contributed by atoms with Crippen LogP contribution in [-0.4, -0.2) is 91.9 Å². The monoisotopic (exact) mass is 457 g/mol. The fourth-order valence-corrected chi connectivity index (χ4v) is 5.55. The van der Waals surface area contributed by atoms with E-state index in [-0.39, 0.29) is 24.0 Å². The average Bonchev–Trinajstić information content (AvgIpc) is 2.87. The molecule has 1 aromatic rings. The summed E-state index contributed by atoms with van der Waals surface area (Å²) in [5.41, 5.74) is 0.523. The molecule has 3 atom stereocenters. The first-order chi connectivity index (χ1) is 16.2. The van der Waals surface area contributed by atoms with Crippen molar-refractivity contribution >= 4 is 11.8 Å². The van der Waals surface area contributed by atoms with Gasteiger partial charge in [-0.05, 0) is 44.2 Å². The van der Waals surface area contributed by atoms with Crippen LogP contribution in [0.4, 0.5) is 0 Å². The molecule has 0 aliphatic carbocycles. The fraction of sp³-hybridized carbons (Fsp3) is 0.680. The Morgan fingerprint density at radius 1 is 0.909 bits per heavy atom. The van der Waals surface area contributed by atoms with Gasteiger partial charge >= 0.3 is 0 Å². The molecule has 180 valence electrons. The Labute approximate surface area is 195 Å². The molecule has 1 aromatic carbocycles. The van der Waals surface area contributed by atoms with Crippen LogP contribution in [0.15, 0.2) is 24.3 Å². The van der Waals surface area contributed by atoms with Crippen LogP contribution in [0.1, 0.15) is 48.9 Å². The molecular weight excluding hydrogens is 422 g/mol. The number of nitrogens with zero attached hydrogens (tertiary/aromatic N) is 2. The molecule has 0 aromatic heterocycles. The number of rotatable bonds is 1. The molecule has 0 spiro atoms. The maximum absolute atomic E-state index is 13.7. The number of carbonyl (C=O) groups excluding carboxylic acids is 2. The summed E-state index contributed by atoms with van der Waals surface area (Å²) in [6.45, 7) is 4.33. The zero-order chi connectivity index (χ0) is 22.6. The summed E-state index contributed by atoms with van der Waals surface area (Å²) in [6, 6.07) is 7.24. The molecule has 5 rings (SSSR count). The van der Waals surface area contributed by atoms with Gasteiger partial charge in [0.1, 0.15) is 11.8 Å². The van der Waals surface area contributed by atoms with Crippen molar-refractivity contribution in [1.82, 2.24) is 15.1 Å². The molecule has 0 radical (unpaired) electrons. The summed E-state index contributed by atoms with van der Waals surface area (Å²) in [4.78, 5) is 31.2. The third-order valence-electron chi connectivity index (χ3n) is 7.44. The van der Waals surface area contributed by atoms with Crippen LogP contribution >= 0.6 is 0 Å². The van der Waals surface area contributed by atoms with Crippen LogP contribution in [0.3, 0.4) is 0 Å². The number of nitrogens with one attached hydrogen (secondary N) is 1. The second-order valence-corrected chi connectivity index (χ2v) is 9.54. The smallest absolute Gasteiger partial charge is 0.258 e. The van der Waals surface area contributed by atoms with Gasteiger partial charge in [-0.25, -0.2) is 0 Å². The van der Waals surface area contributed by atoms with Gasteiger partial charge in [-0.3, -0.25) is 14.5 Å². The summed E-state index contributed by atoms with van der Waals surface area (Å²) < 4.78 is 17.8. The number of amides is 2. The Hall–Kier alpha value is -2.16. The van der Waals surface area contributed by atoms with Crippen molar-refractivity contribution in [3.05, 3.63) is 29.8 Å². The first-order valence-electron chi connectivity index (χ1n) is 12.5. The molecule has 3 saturated heterocycles. The van der Waals surface area contributed by atoms with Crippen molar-refractivity contribution in [2.24, 2.45) is 0 Å². The molecule has 4 aliphatic heterocycles. The largest absolute Gasteiger partial charge is 0.493 e. The average molecular weight is 458 g/mol. The molecule has 4 aliphatic rings. The van der Waals surface area contributed by atoms with Crippen molar-refractivity contribution in [3.8, 4) is 5.75 Å². The molecule has 8 heteroatoms. The van der Waals surface area contributed by atoms with E-state index < -0.39 is 6.04 Å². The third kappa shape index (κ3) is 5.18. The molecule has 0 unspecified atom stereocenters. The van der Waals surface area contributed by atoms with E-state index in [1.165, 1.54) is 0 Å². The van der Waals surface area contributed by atoms with Gasteiger partial charge in [0.05, 0.1) is 24.4 Å². The minimum atomic E-state index is -0.538. The molecule has 8 nitrogen and oxygen atoms in total. The molecular formula is C25H35N3O5. The highest BCUT2D eigenvalue weighted by atomic mass is 16.5. The number of carbonyl (C=O) groups is 2. The number of para-hydroxylation sites is 1. The van der Waals surface area contributed by atoms with Gasteiger partial charge in [0.2, 0.25) is 5.91 Å². The van der Waals surface area contributed by atoms with E-state index in [2.05, 4.69) is 10.2 Å². The highest BCUT2D eigenvalue weighted by molar-refractivity contribution is 6.00. The summed E-state index contributed by atoms with van der Waals surface area (Å²) >= 11 is 0. The SMILES string of the molecule is O=C1NC[C@@H]2CCC[C@@H](CCOc3ccccc3C(=O)N3CCN(C4CCOCC4)C[C@@H]13)O2. The topological polar surface area (TPSA) is 80.3 Å². The number of fused-ring (bicyclic) bond motifs is 4. The van der Waals surface area contributed by atoms with Crippen LogP contribution in [0, 0.1) is 0 Å². The fourth-order valence-electron chi connectivity index (χ4n) is 5.55. The Morgan fingerprint density at radius 3 is 2.61 bits per heavy atom. The van der Waals surface area contributed by atoms with E-state index in [4.69, 9.17) is 14.2 Å². The Kier molecular flexibility index (Phi) is 7.13. The second-order valence-electron chi connectivity index (χ2n) is 9.54. The molecule has 2 amide bonds. The van der Waals surface area contributed by atoms with Crippen molar-refractivity contribution < 1.29 is 23.8 Å². The van der Waals surface area contributed by atoms with E-state index in [1.54, 1.807) is 11.0 Å². The molecule has 4 heterocycles. The Bertz CT molecular complexity index is 843. The first-order valence-corrected chi connectivity index (χ1v) is 12.5. The van der Waals surface area contributed by atoms with Gasteiger partial charge in [0.15, 0.2) is 0 Å². The lowest BCUT2D eigenvalue weighted by Gasteiger charge is -2.44.